The SMILES string of the molecule is C[C@@H](Nc1nc(N[C@H](C)C(F)(F)F)nc(C2=C(F)[C@H](O)C(F)(F)CC2)n1)C(F)(F)F. The van der Waals surface area contributed by atoms with E-state index in [4.69, 9.17) is 0 Å². The minimum atomic E-state index is -4.78. The molecule has 0 fully saturated rings. The van der Waals surface area contributed by atoms with E-state index in [1.807, 2.05) is 0 Å². The van der Waals surface area contributed by atoms with Crippen LogP contribution in [0.1, 0.15) is 32.5 Å². The Kier molecular flexibility index (Phi) is 6.45. The van der Waals surface area contributed by atoms with Gasteiger partial charge in [0, 0.05) is 12.0 Å². The van der Waals surface area contributed by atoms with Crippen LogP contribution in [0.5, 0.6) is 0 Å². The normalized spacial score (nSPS) is 21.9. The third kappa shape index (κ3) is 5.43. The van der Waals surface area contributed by atoms with Crippen molar-refractivity contribution in [1.82, 2.24) is 15.0 Å². The summed E-state index contributed by atoms with van der Waals surface area (Å²) in [6.07, 6.45) is -14.2. The number of allylic oxidation sites excluding steroid dienone is 1. The smallest absolute Gasteiger partial charge is 0.380 e. The van der Waals surface area contributed by atoms with Gasteiger partial charge in [0.1, 0.15) is 17.9 Å². The molecule has 0 saturated carbocycles. The van der Waals surface area contributed by atoms with E-state index in [0.29, 0.717) is 13.8 Å². The zero-order valence-corrected chi connectivity index (χ0v) is 15.3. The molecule has 0 saturated heterocycles. The molecule has 0 aliphatic heterocycles. The lowest BCUT2D eigenvalue weighted by Crippen LogP contribution is -2.38. The number of aliphatic hydroxyl groups excluding tert-OH is 1. The van der Waals surface area contributed by atoms with Gasteiger partial charge in [-0.1, -0.05) is 0 Å². The summed E-state index contributed by atoms with van der Waals surface area (Å²) in [5, 5.41) is 13.0. The lowest BCUT2D eigenvalue weighted by molar-refractivity contribution is -0.139. The van der Waals surface area contributed by atoms with Crippen LogP contribution in [0.2, 0.25) is 0 Å². The fourth-order valence-corrected chi connectivity index (χ4v) is 2.31. The minimum absolute atomic E-state index is 0.666. The number of nitrogens with one attached hydrogen (secondary N) is 2. The van der Waals surface area contributed by atoms with Gasteiger partial charge < -0.3 is 15.7 Å². The molecular weight excluding hydrogens is 437 g/mol. The molecule has 170 valence electrons. The third-order valence-corrected chi connectivity index (χ3v) is 4.22. The first kappa shape index (κ1) is 24.0. The van der Waals surface area contributed by atoms with E-state index in [1.165, 1.54) is 0 Å². The third-order valence-electron chi connectivity index (χ3n) is 4.22. The van der Waals surface area contributed by atoms with E-state index >= 15 is 0 Å². The molecule has 15 heteroatoms. The summed E-state index contributed by atoms with van der Waals surface area (Å²) in [5.74, 6) is -8.06. The standard InChI is InChI=1S/C15H16F9N5O/c1-5(14(19,20)21)25-11-27-10(7-3-4-13(17,18)9(30)8(7)16)28-12(29-11)26-6(2)15(22,23)24/h5-6,9,30H,3-4H2,1-2H3,(H2,25,26,27,28,29)/t5-,6-,9+/m1/s1. The van der Waals surface area contributed by atoms with Crippen LogP contribution in [0.3, 0.4) is 0 Å². The first-order valence-electron chi connectivity index (χ1n) is 8.39. The highest BCUT2D eigenvalue weighted by Crippen LogP contribution is 2.41. The van der Waals surface area contributed by atoms with Crippen molar-refractivity contribution in [2.24, 2.45) is 0 Å². The van der Waals surface area contributed by atoms with Crippen molar-refractivity contribution in [2.75, 3.05) is 10.6 Å². The van der Waals surface area contributed by atoms with Crippen LogP contribution in [-0.2, 0) is 0 Å². The first-order valence-corrected chi connectivity index (χ1v) is 8.39. The first-order chi connectivity index (χ1) is 13.5. The van der Waals surface area contributed by atoms with E-state index in [1.54, 1.807) is 10.6 Å². The highest BCUT2D eigenvalue weighted by molar-refractivity contribution is 5.66. The van der Waals surface area contributed by atoms with Gasteiger partial charge in [-0.25, -0.2) is 13.2 Å². The van der Waals surface area contributed by atoms with Crippen LogP contribution in [0.25, 0.3) is 5.57 Å². The summed E-state index contributed by atoms with van der Waals surface area (Å²) in [4.78, 5) is 10.4. The second kappa shape index (κ2) is 8.07. The van der Waals surface area contributed by atoms with Gasteiger partial charge in [0.25, 0.3) is 5.92 Å². The zero-order chi connectivity index (χ0) is 23.1. The van der Waals surface area contributed by atoms with Crippen LogP contribution in [0.15, 0.2) is 5.83 Å². The summed E-state index contributed by atoms with van der Waals surface area (Å²) in [6, 6.07) is -4.50. The monoisotopic (exact) mass is 453 g/mol. The summed E-state index contributed by atoms with van der Waals surface area (Å²) in [7, 11) is 0. The van der Waals surface area contributed by atoms with Crippen molar-refractivity contribution in [3.63, 3.8) is 0 Å². The predicted octanol–water partition coefficient (Wildman–Crippen LogP) is 4.07. The van der Waals surface area contributed by atoms with Crippen LogP contribution < -0.4 is 10.6 Å². The summed E-state index contributed by atoms with van der Waals surface area (Å²) >= 11 is 0. The molecule has 0 spiro atoms. The highest BCUT2D eigenvalue weighted by Gasteiger charge is 2.46. The Labute approximate surface area is 163 Å². The molecule has 0 amide bonds. The zero-order valence-electron chi connectivity index (χ0n) is 15.3. The number of hydrogen-bond acceptors (Lipinski definition) is 6. The average Bonchev–Trinajstić information content (AvgIpc) is 2.58. The van der Waals surface area contributed by atoms with Gasteiger partial charge in [-0.2, -0.15) is 41.3 Å². The van der Waals surface area contributed by atoms with Gasteiger partial charge in [0.15, 0.2) is 11.9 Å². The van der Waals surface area contributed by atoms with Crippen molar-refractivity contribution in [3.8, 4) is 0 Å². The van der Waals surface area contributed by atoms with Gasteiger partial charge in [0.05, 0.1) is 0 Å². The van der Waals surface area contributed by atoms with Gasteiger partial charge in [-0.05, 0) is 20.3 Å². The number of aliphatic hydroxyl groups is 1. The fourth-order valence-electron chi connectivity index (χ4n) is 2.31. The number of halogens is 9. The number of rotatable bonds is 5. The van der Waals surface area contributed by atoms with Crippen molar-refractivity contribution >= 4 is 17.5 Å². The molecule has 3 N–H and O–H groups in total. The molecule has 0 radical (unpaired) electrons. The molecule has 1 aliphatic rings. The highest BCUT2D eigenvalue weighted by atomic mass is 19.4. The number of alkyl halides is 8. The number of nitrogens with zero attached hydrogens (tertiary/aromatic N) is 3. The summed E-state index contributed by atoms with van der Waals surface area (Å²) in [6.45, 7) is 1.33. The topological polar surface area (TPSA) is 83.0 Å². The van der Waals surface area contributed by atoms with Crippen LogP contribution in [-0.4, -0.2) is 56.5 Å². The number of anilines is 2. The molecule has 0 bridgehead atoms. The largest absolute Gasteiger partial charge is 0.408 e. The average molecular weight is 453 g/mol. The molecule has 0 aromatic carbocycles. The molecule has 1 aromatic rings. The Balaban J connectivity index is 2.50. The molecule has 1 aliphatic carbocycles. The fraction of sp³-hybridized carbons (Fsp3) is 0.667. The van der Waals surface area contributed by atoms with Crippen molar-refractivity contribution < 1.29 is 44.6 Å². The molecule has 6 nitrogen and oxygen atoms in total. The molecule has 1 aromatic heterocycles. The molecule has 2 rings (SSSR count). The summed E-state index contributed by atoms with van der Waals surface area (Å²) < 4.78 is 118. The van der Waals surface area contributed by atoms with E-state index < -0.39 is 78.4 Å². The Morgan fingerprint density at radius 3 is 1.77 bits per heavy atom. The van der Waals surface area contributed by atoms with Gasteiger partial charge in [0.2, 0.25) is 11.9 Å². The molecular formula is C15H16F9N5O. The van der Waals surface area contributed by atoms with E-state index in [-0.39, 0.29) is 0 Å². The maximum Gasteiger partial charge on any atom is 0.408 e. The van der Waals surface area contributed by atoms with Crippen molar-refractivity contribution in [3.05, 3.63) is 11.7 Å². The Hall–Kier alpha value is -2.32. The Morgan fingerprint density at radius 1 is 0.933 bits per heavy atom. The molecule has 0 unspecified atom stereocenters. The van der Waals surface area contributed by atoms with E-state index in [2.05, 4.69) is 15.0 Å². The Morgan fingerprint density at radius 2 is 1.37 bits per heavy atom. The maximum atomic E-state index is 14.2. The lowest BCUT2D eigenvalue weighted by atomic mass is 9.92. The van der Waals surface area contributed by atoms with Gasteiger partial charge in [-0.15, -0.1) is 0 Å². The van der Waals surface area contributed by atoms with E-state index in [9.17, 15) is 44.6 Å². The minimum Gasteiger partial charge on any atom is -0.380 e. The van der Waals surface area contributed by atoms with Gasteiger partial charge >= 0.3 is 12.4 Å². The van der Waals surface area contributed by atoms with Gasteiger partial charge in [-0.3, -0.25) is 0 Å². The number of hydrogen-bond donors (Lipinski definition) is 3. The quantitative estimate of drug-likeness (QED) is 0.584. The van der Waals surface area contributed by atoms with Crippen molar-refractivity contribution in [2.45, 2.75) is 63.2 Å². The molecule has 3 atom stereocenters. The van der Waals surface area contributed by atoms with Crippen molar-refractivity contribution in [1.29, 1.82) is 0 Å². The van der Waals surface area contributed by atoms with Crippen LogP contribution in [0.4, 0.5) is 51.4 Å². The lowest BCUT2D eigenvalue weighted by Gasteiger charge is -2.28. The Bertz CT molecular complexity index is 768. The second-order valence-electron chi connectivity index (χ2n) is 6.61. The number of aromatic nitrogens is 3. The van der Waals surface area contributed by atoms with E-state index in [0.717, 1.165) is 0 Å². The van der Waals surface area contributed by atoms with Crippen LogP contribution in [0, 0.1) is 0 Å². The molecule has 30 heavy (non-hydrogen) atoms. The predicted molar refractivity (Wildman–Crippen MR) is 86.3 cm³/mol. The maximum absolute atomic E-state index is 14.2. The summed E-state index contributed by atoms with van der Waals surface area (Å²) in [5.41, 5.74) is -0.679. The molecule has 1 heterocycles. The second-order valence-corrected chi connectivity index (χ2v) is 6.61. The van der Waals surface area contributed by atoms with Crippen LogP contribution >= 0.6 is 0 Å².